The molecule has 20 heavy (non-hydrogen) atoms. The van der Waals surface area contributed by atoms with Crippen molar-refractivity contribution in [2.45, 2.75) is 19.6 Å². The third-order valence-corrected chi connectivity index (χ3v) is 3.80. The molecular formula is C15H18N2O2S. The first-order valence-corrected chi connectivity index (χ1v) is 7.65. The summed E-state index contributed by atoms with van der Waals surface area (Å²) in [5.41, 5.74) is 3.29. The van der Waals surface area contributed by atoms with E-state index in [0.717, 1.165) is 11.5 Å². The average molecular weight is 290 g/mol. The van der Waals surface area contributed by atoms with Crippen LogP contribution in [0.5, 0.6) is 0 Å². The quantitative estimate of drug-likeness (QED) is 0.831. The van der Waals surface area contributed by atoms with Crippen molar-refractivity contribution < 1.29 is 9.32 Å². The van der Waals surface area contributed by atoms with Gasteiger partial charge in [-0.25, -0.2) is 0 Å². The lowest BCUT2D eigenvalue weighted by Gasteiger charge is -2.04. The van der Waals surface area contributed by atoms with Crippen LogP contribution in [0.25, 0.3) is 0 Å². The Morgan fingerprint density at radius 2 is 2.05 bits per heavy atom. The molecule has 2 aromatic rings. The smallest absolute Gasteiger partial charge is 0.289 e. The number of carbonyl (C=O) groups excluding carboxylic acids is 1. The molecule has 1 N–H and O–H groups in total. The molecule has 0 atom stereocenters. The standard InChI is InChI=1S/C15H18N2O2S/c1-11-3-5-13(6-4-11)10-20-8-7-16-15(18)14-9-12(2)17-19-14/h3-6,9H,7-8,10H2,1-2H3,(H,16,18). The van der Waals surface area contributed by atoms with Crippen molar-refractivity contribution in [1.82, 2.24) is 10.5 Å². The minimum atomic E-state index is -0.207. The summed E-state index contributed by atoms with van der Waals surface area (Å²) in [4.78, 5) is 11.7. The van der Waals surface area contributed by atoms with Gasteiger partial charge in [-0.2, -0.15) is 11.8 Å². The third-order valence-electron chi connectivity index (χ3n) is 2.77. The van der Waals surface area contributed by atoms with Gasteiger partial charge in [-0.15, -0.1) is 0 Å². The van der Waals surface area contributed by atoms with Crippen molar-refractivity contribution >= 4 is 17.7 Å². The number of rotatable bonds is 6. The first-order valence-electron chi connectivity index (χ1n) is 6.50. The minimum absolute atomic E-state index is 0.207. The Bertz CT molecular complexity index is 564. The zero-order chi connectivity index (χ0) is 14.4. The Morgan fingerprint density at radius 3 is 2.70 bits per heavy atom. The fourth-order valence-electron chi connectivity index (χ4n) is 1.67. The Kier molecular flexibility index (Phi) is 5.24. The molecule has 1 aromatic heterocycles. The van der Waals surface area contributed by atoms with Gasteiger partial charge in [0.2, 0.25) is 5.76 Å². The van der Waals surface area contributed by atoms with E-state index in [0.29, 0.717) is 12.2 Å². The van der Waals surface area contributed by atoms with Crippen molar-refractivity contribution in [3.05, 3.63) is 52.9 Å². The lowest BCUT2D eigenvalue weighted by Crippen LogP contribution is -2.25. The number of hydrogen-bond donors (Lipinski definition) is 1. The molecule has 0 unspecified atom stereocenters. The molecule has 5 heteroatoms. The van der Waals surface area contributed by atoms with E-state index in [1.807, 2.05) is 0 Å². The first kappa shape index (κ1) is 14.7. The number of hydrogen-bond acceptors (Lipinski definition) is 4. The van der Waals surface area contributed by atoms with Gasteiger partial charge in [0.15, 0.2) is 0 Å². The molecule has 1 amide bonds. The summed E-state index contributed by atoms with van der Waals surface area (Å²) in [5.74, 6) is 1.89. The van der Waals surface area contributed by atoms with E-state index in [4.69, 9.17) is 4.52 Å². The third kappa shape index (κ3) is 4.42. The zero-order valence-corrected chi connectivity index (χ0v) is 12.5. The van der Waals surface area contributed by atoms with Gasteiger partial charge in [0.25, 0.3) is 5.91 Å². The number of carbonyl (C=O) groups is 1. The molecule has 0 aliphatic rings. The fourth-order valence-corrected chi connectivity index (χ4v) is 2.49. The van der Waals surface area contributed by atoms with Crippen molar-refractivity contribution in [3.63, 3.8) is 0 Å². The molecule has 106 valence electrons. The number of thioether (sulfide) groups is 1. The van der Waals surface area contributed by atoms with Gasteiger partial charge in [-0.3, -0.25) is 4.79 Å². The lowest BCUT2D eigenvalue weighted by atomic mass is 10.2. The van der Waals surface area contributed by atoms with Crippen molar-refractivity contribution in [3.8, 4) is 0 Å². The molecule has 4 nitrogen and oxygen atoms in total. The van der Waals surface area contributed by atoms with E-state index in [1.165, 1.54) is 11.1 Å². The van der Waals surface area contributed by atoms with Gasteiger partial charge in [-0.1, -0.05) is 35.0 Å². The Balaban J connectivity index is 1.64. The molecule has 0 spiro atoms. The van der Waals surface area contributed by atoms with Crippen LogP contribution in [0.4, 0.5) is 0 Å². The van der Waals surface area contributed by atoms with E-state index in [1.54, 1.807) is 24.8 Å². The highest BCUT2D eigenvalue weighted by molar-refractivity contribution is 7.98. The molecular weight excluding hydrogens is 272 g/mol. The number of aromatic nitrogens is 1. The van der Waals surface area contributed by atoms with Crippen LogP contribution < -0.4 is 5.32 Å². The van der Waals surface area contributed by atoms with E-state index < -0.39 is 0 Å². The van der Waals surface area contributed by atoms with Gasteiger partial charge >= 0.3 is 0 Å². The summed E-state index contributed by atoms with van der Waals surface area (Å²) >= 11 is 1.79. The van der Waals surface area contributed by atoms with Crippen LogP contribution in [0.1, 0.15) is 27.4 Å². The van der Waals surface area contributed by atoms with Crippen LogP contribution in [0.2, 0.25) is 0 Å². The summed E-state index contributed by atoms with van der Waals surface area (Å²) in [6, 6.07) is 10.1. The normalized spacial score (nSPS) is 10.5. The Labute approximate surface area is 122 Å². The van der Waals surface area contributed by atoms with Gasteiger partial charge in [0.05, 0.1) is 5.69 Å². The molecule has 1 heterocycles. The maximum atomic E-state index is 11.7. The molecule has 0 fully saturated rings. The van der Waals surface area contributed by atoms with E-state index in [9.17, 15) is 4.79 Å². The number of amides is 1. The van der Waals surface area contributed by atoms with Gasteiger partial charge in [0.1, 0.15) is 0 Å². The highest BCUT2D eigenvalue weighted by Crippen LogP contribution is 2.12. The van der Waals surface area contributed by atoms with Crippen molar-refractivity contribution in [2.24, 2.45) is 0 Å². The molecule has 0 bridgehead atoms. The minimum Gasteiger partial charge on any atom is -0.351 e. The number of nitrogens with zero attached hydrogens (tertiary/aromatic N) is 1. The molecule has 0 aliphatic carbocycles. The maximum absolute atomic E-state index is 11.7. The average Bonchev–Trinajstić information content (AvgIpc) is 2.87. The Morgan fingerprint density at radius 1 is 1.30 bits per heavy atom. The molecule has 0 saturated heterocycles. The number of benzene rings is 1. The second kappa shape index (κ2) is 7.14. The fraction of sp³-hybridized carbons (Fsp3) is 0.333. The highest BCUT2D eigenvalue weighted by Gasteiger charge is 2.10. The van der Waals surface area contributed by atoms with Crippen LogP contribution in [-0.2, 0) is 5.75 Å². The van der Waals surface area contributed by atoms with Gasteiger partial charge < -0.3 is 9.84 Å². The van der Waals surface area contributed by atoms with E-state index >= 15 is 0 Å². The monoisotopic (exact) mass is 290 g/mol. The SMILES string of the molecule is Cc1ccc(CSCCNC(=O)c2cc(C)no2)cc1. The predicted molar refractivity (Wildman–Crippen MR) is 80.9 cm³/mol. The van der Waals surface area contributed by atoms with Gasteiger partial charge in [0, 0.05) is 24.1 Å². The van der Waals surface area contributed by atoms with Gasteiger partial charge in [-0.05, 0) is 19.4 Å². The Hall–Kier alpha value is -1.75. The lowest BCUT2D eigenvalue weighted by molar-refractivity contribution is 0.0919. The van der Waals surface area contributed by atoms with E-state index in [-0.39, 0.29) is 11.7 Å². The number of nitrogens with one attached hydrogen (secondary N) is 1. The molecule has 1 aromatic carbocycles. The molecule has 0 radical (unpaired) electrons. The molecule has 0 saturated carbocycles. The predicted octanol–water partition coefficient (Wildman–Crippen LogP) is 2.95. The summed E-state index contributed by atoms with van der Waals surface area (Å²) in [6.07, 6.45) is 0. The molecule has 0 aliphatic heterocycles. The number of aryl methyl sites for hydroxylation is 2. The zero-order valence-electron chi connectivity index (χ0n) is 11.7. The largest absolute Gasteiger partial charge is 0.351 e. The van der Waals surface area contributed by atoms with Crippen LogP contribution in [0.15, 0.2) is 34.9 Å². The highest BCUT2D eigenvalue weighted by atomic mass is 32.2. The van der Waals surface area contributed by atoms with Crippen LogP contribution in [-0.4, -0.2) is 23.4 Å². The summed E-state index contributed by atoms with van der Waals surface area (Å²) in [5, 5.41) is 6.50. The molecule has 2 rings (SSSR count). The summed E-state index contributed by atoms with van der Waals surface area (Å²) < 4.78 is 4.89. The maximum Gasteiger partial charge on any atom is 0.289 e. The topological polar surface area (TPSA) is 55.1 Å². The van der Waals surface area contributed by atoms with E-state index in [2.05, 4.69) is 41.7 Å². The van der Waals surface area contributed by atoms with Crippen molar-refractivity contribution in [1.29, 1.82) is 0 Å². The first-order chi connectivity index (χ1) is 9.65. The second-order valence-electron chi connectivity index (χ2n) is 4.63. The van der Waals surface area contributed by atoms with Crippen LogP contribution in [0.3, 0.4) is 0 Å². The van der Waals surface area contributed by atoms with Crippen molar-refractivity contribution in [2.75, 3.05) is 12.3 Å². The summed E-state index contributed by atoms with van der Waals surface area (Å²) in [7, 11) is 0. The van der Waals surface area contributed by atoms with Crippen LogP contribution >= 0.6 is 11.8 Å². The second-order valence-corrected chi connectivity index (χ2v) is 5.73. The summed E-state index contributed by atoms with van der Waals surface area (Å²) in [6.45, 7) is 4.49. The van der Waals surface area contributed by atoms with Crippen LogP contribution in [0, 0.1) is 13.8 Å².